The Hall–Kier alpha value is -2.44. The molecule has 19 heavy (non-hydrogen) atoms. The van der Waals surface area contributed by atoms with E-state index < -0.39 is 5.82 Å². The number of nitrogen functional groups attached to an aromatic ring is 1. The van der Waals surface area contributed by atoms with Gasteiger partial charge in [-0.05, 0) is 24.6 Å². The van der Waals surface area contributed by atoms with Gasteiger partial charge in [0, 0.05) is 24.2 Å². The molecule has 0 saturated carbocycles. The number of carbonyl (C=O) groups is 1. The van der Waals surface area contributed by atoms with Crippen molar-refractivity contribution in [2.24, 2.45) is 0 Å². The molecule has 6 nitrogen and oxygen atoms in total. The van der Waals surface area contributed by atoms with Crippen LogP contribution in [0.5, 0.6) is 0 Å². The van der Waals surface area contributed by atoms with Gasteiger partial charge < -0.3 is 11.1 Å². The molecule has 0 unspecified atom stereocenters. The van der Waals surface area contributed by atoms with Crippen LogP contribution < -0.4 is 11.1 Å². The van der Waals surface area contributed by atoms with E-state index >= 15 is 0 Å². The van der Waals surface area contributed by atoms with Crippen LogP contribution in [0.25, 0.3) is 0 Å². The Labute approximate surface area is 109 Å². The number of rotatable bonds is 5. The molecule has 0 saturated heterocycles. The van der Waals surface area contributed by atoms with Crippen LogP contribution in [-0.4, -0.2) is 27.6 Å². The van der Waals surface area contributed by atoms with Gasteiger partial charge in [-0.25, -0.2) is 9.37 Å². The molecule has 0 atom stereocenters. The Morgan fingerprint density at radius 2 is 2.26 bits per heavy atom. The van der Waals surface area contributed by atoms with Crippen molar-refractivity contribution in [2.45, 2.75) is 12.8 Å². The second-order valence-corrected chi connectivity index (χ2v) is 4.06. The van der Waals surface area contributed by atoms with Crippen LogP contribution in [0.4, 0.5) is 10.1 Å². The minimum atomic E-state index is -0.521. The average Bonchev–Trinajstić information content (AvgIpc) is 2.86. The minimum absolute atomic E-state index is 0.220. The fourth-order valence-corrected chi connectivity index (χ4v) is 1.65. The number of aryl methyl sites for hydroxylation is 1. The molecule has 0 aliphatic carbocycles. The van der Waals surface area contributed by atoms with E-state index in [9.17, 15) is 9.18 Å². The third-order valence-corrected chi connectivity index (χ3v) is 2.52. The monoisotopic (exact) mass is 263 g/mol. The van der Waals surface area contributed by atoms with E-state index in [1.54, 1.807) is 0 Å². The number of carbonyl (C=O) groups excluding carboxylic acids is 1. The summed E-state index contributed by atoms with van der Waals surface area (Å²) in [6.45, 7) is 0.468. The number of halogens is 1. The Morgan fingerprint density at radius 3 is 2.95 bits per heavy atom. The van der Waals surface area contributed by atoms with Crippen molar-refractivity contribution in [3.05, 3.63) is 41.7 Å². The number of aromatic amines is 1. The zero-order valence-electron chi connectivity index (χ0n) is 10.2. The first kappa shape index (κ1) is 13.0. The molecule has 7 heteroatoms. The Kier molecular flexibility index (Phi) is 4.07. The van der Waals surface area contributed by atoms with Gasteiger partial charge in [0.15, 0.2) is 0 Å². The lowest BCUT2D eigenvalue weighted by molar-refractivity contribution is 0.0952. The molecule has 0 spiro atoms. The van der Waals surface area contributed by atoms with Crippen molar-refractivity contribution in [1.82, 2.24) is 20.5 Å². The van der Waals surface area contributed by atoms with Gasteiger partial charge in [-0.3, -0.25) is 9.89 Å². The molecular formula is C12H14FN5O. The summed E-state index contributed by atoms with van der Waals surface area (Å²) in [5, 5.41) is 9.15. The van der Waals surface area contributed by atoms with Crippen molar-refractivity contribution in [3.8, 4) is 0 Å². The molecule has 2 rings (SSSR count). The predicted octanol–water partition coefficient (Wildman–Crippen LogP) is 0.889. The first-order chi connectivity index (χ1) is 9.15. The van der Waals surface area contributed by atoms with Crippen molar-refractivity contribution in [1.29, 1.82) is 0 Å². The maximum Gasteiger partial charge on any atom is 0.251 e. The summed E-state index contributed by atoms with van der Waals surface area (Å²) in [5.74, 6) is -0.0974. The van der Waals surface area contributed by atoms with Crippen LogP contribution in [-0.2, 0) is 6.42 Å². The molecule has 100 valence electrons. The van der Waals surface area contributed by atoms with Gasteiger partial charge in [-0.15, -0.1) is 0 Å². The number of anilines is 1. The summed E-state index contributed by atoms with van der Waals surface area (Å²) in [6.07, 6.45) is 2.83. The van der Waals surface area contributed by atoms with E-state index in [1.165, 1.54) is 18.5 Å². The van der Waals surface area contributed by atoms with Crippen LogP contribution in [0, 0.1) is 5.82 Å². The molecule has 2 aromatic rings. The van der Waals surface area contributed by atoms with Crippen LogP contribution in [0.2, 0.25) is 0 Å². The number of nitrogens with one attached hydrogen (secondary N) is 2. The van der Waals surface area contributed by atoms with E-state index in [1.807, 2.05) is 0 Å². The van der Waals surface area contributed by atoms with E-state index in [0.29, 0.717) is 19.4 Å². The summed E-state index contributed by atoms with van der Waals surface area (Å²) >= 11 is 0. The van der Waals surface area contributed by atoms with Crippen molar-refractivity contribution < 1.29 is 9.18 Å². The summed E-state index contributed by atoms with van der Waals surface area (Å²) < 4.78 is 13.1. The van der Waals surface area contributed by atoms with Crippen LogP contribution in [0.15, 0.2) is 24.5 Å². The summed E-state index contributed by atoms with van der Waals surface area (Å²) in [7, 11) is 0. The SMILES string of the molecule is Nc1cc(F)cc(C(=O)NCCCc2ncn[nH]2)c1. The average molecular weight is 263 g/mol. The fourth-order valence-electron chi connectivity index (χ4n) is 1.65. The molecule has 0 aliphatic rings. The van der Waals surface area contributed by atoms with Crippen LogP contribution >= 0.6 is 0 Å². The van der Waals surface area contributed by atoms with Gasteiger partial charge >= 0.3 is 0 Å². The van der Waals surface area contributed by atoms with Crippen molar-refractivity contribution >= 4 is 11.6 Å². The standard InChI is InChI=1S/C12H14FN5O/c13-9-4-8(5-10(14)6-9)12(19)15-3-1-2-11-16-7-17-18-11/h4-7H,1-3,14H2,(H,15,19)(H,16,17,18). The highest BCUT2D eigenvalue weighted by molar-refractivity contribution is 5.95. The third kappa shape index (κ3) is 3.77. The highest BCUT2D eigenvalue weighted by Crippen LogP contribution is 2.10. The molecule has 0 aliphatic heterocycles. The van der Waals surface area contributed by atoms with Gasteiger partial charge in [0.05, 0.1) is 0 Å². The van der Waals surface area contributed by atoms with Gasteiger partial charge in [0.25, 0.3) is 5.91 Å². The Bertz CT molecular complexity index is 535. The molecule has 1 amide bonds. The number of hydrogen-bond donors (Lipinski definition) is 3. The third-order valence-electron chi connectivity index (χ3n) is 2.52. The summed E-state index contributed by atoms with van der Waals surface area (Å²) in [6, 6.07) is 3.76. The number of H-pyrrole nitrogens is 1. The van der Waals surface area contributed by atoms with Crippen LogP contribution in [0.3, 0.4) is 0 Å². The number of aromatic nitrogens is 3. The number of hydrogen-bond acceptors (Lipinski definition) is 4. The lowest BCUT2D eigenvalue weighted by Crippen LogP contribution is -2.25. The molecule has 4 N–H and O–H groups in total. The first-order valence-electron chi connectivity index (χ1n) is 5.83. The highest BCUT2D eigenvalue weighted by Gasteiger charge is 2.07. The fraction of sp³-hybridized carbons (Fsp3) is 0.250. The minimum Gasteiger partial charge on any atom is -0.399 e. The molecule has 1 aromatic heterocycles. The number of nitrogens with two attached hydrogens (primary N) is 1. The molecule has 0 bridgehead atoms. The zero-order chi connectivity index (χ0) is 13.7. The molecular weight excluding hydrogens is 249 g/mol. The number of nitrogens with zero attached hydrogens (tertiary/aromatic N) is 2. The quantitative estimate of drug-likeness (QED) is 0.551. The maximum atomic E-state index is 13.1. The molecule has 1 aromatic carbocycles. The van der Waals surface area contributed by atoms with Crippen molar-refractivity contribution in [2.75, 3.05) is 12.3 Å². The predicted molar refractivity (Wildman–Crippen MR) is 67.8 cm³/mol. The molecule has 1 heterocycles. The lowest BCUT2D eigenvalue weighted by Gasteiger charge is -2.05. The lowest BCUT2D eigenvalue weighted by atomic mass is 10.2. The largest absolute Gasteiger partial charge is 0.399 e. The van der Waals surface area contributed by atoms with E-state index in [0.717, 1.165) is 11.9 Å². The van der Waals surface area contributed by atoms with Gasteiger partial charge in [-0.2, -0.15) is 5.10 Å². The second-order valence-electron chi connectivity index (χ2n) is 4.06. The topological polar surface area (TPSA) is 96.7 Å². The van der Waals surface area contributed by atoms with E-state index in [2.05, 4.69) is 20.5 Å². The first-order valence-corrected chi connectivity index (χ1v) is 5.83. The highest BCUT2D eigenvalue weighted by atomic mass is 19.1. The summed E-state index contributed by atoms with van der Waals surface area (Å²) in [4.78, 5) is 15.7. The Morgan fingerprint density at radius 1 is 1.42 bits per heavy atom. The van der Waals surface area contributed by atoms with Crippen LogP contribution in [0.1, 0.15) is 22.6 Å². The number of amides is 1. The number of benzene rings is 1. The maximum absolute atomic E-state index is 13.1. The normalized spacial score (nSPS) is 10.4. The summed E-state index contributed by atoms with van der Waals surface area (Å²) in [5.41, 5.74) is 5.93. The van der Waals surface area contributed by atoms with E-state index in [4.69, 9.17) is 5.73 Å². The molecule has 0 radical (unpaired) electrons. The molecule has 0 fully saturated rings. The van der Waals surface area contributed by atoms with Gasteiger partial charge in [0.1, 0.15) is 18.0 Å². The smallest absolute Gasteiger partial charge is 0.251 e. The second kappa shape index (κ2) is 5.94. The van der Waals surface area contributed by atoms with Crippen molar-refractivity contribution in [3.63, 3.8) is 0 Å². The zero-order valence-corrected chi connectivity index (χ0v) is 10.2. The van der Waals surface area contributed by atoms with E-state index in [-0.39, 0.29) is 17.2 Å². The Balaban J connectivity index is 1.80. The van der Waals surface area contributed by atoms with Gasteiger partial charge in [-0.1, -0.05) is 0 Å². The van der Waals surface area contributed by atoms with Gasteiger partial charge in [0.2, 0.25) is 0 Å².